The SMILES string of the molecule is COC(=O)c1ccc(COc2cc(C)ccc2NC(=O)c2ccc([N+](=O)[O-])c(OC)c2)cc1. The van der Waals surface area contributed by atoms with E-state index in [4.69, 9.17) is 9.47 Å². The molecule has 3 aromatic rings. The fourth-order valence-electron chi connectivity index (χ4n) is 3.03. The Morgan fingerprint density at radius 1 is 0.939 bits per heavy atom. The molecule has 0 heterocycles. The molecule has 0 atom stereocenters. The van der Waals surface area contributed by atoms with Crippen molar-refractivity contribution >= 4 is 23.3 Å². The van der Waals surface area contributed by atoms with E-state index in [1.165, 1.54) is 32.4 Å². The van der Waals surface area contributed by atoms with Gasteiger partial charge in [0.2, 0.25) is 0 Å². The first-order chi connectivity index (χ1) is 15.8. The fourth-order valence-corrected chi connectivity index (χ4v) is 3.03. The van der Waals surface area contributed by atoms with Gasteiger partial charge in [-0.15, -0.1) is 0 Å². The maximum Gasteiger partial charge on any atom is 0.337 e. The van der Waals surface area contributed by atoms with Gasteiger partial charge in [0.25, 0.3) is 5.91 Å². The molecule has 0 saturated heterocycles. The third-order valence-corrected chi connectivity index (χ3v) is 4.79. The topological polar surface area (TPSA) is 117 Å². The molecule has 1 N–H and O–H groups in total. The van der Waals surface area contributed by atoms with E-state index < -0.39 is 16.8 Å². The van der Waals surface area contributed by atoms with Gasteiger partial charge in [0.05, 0.1) is 30.4 Å². The van der Waals surface area contributed by atoms with E-state index in [9.17, 15) is 19.7 Å². The number of nitrogens with zero attached hydrogens (tertiary/aromatic N) is 1. The molecule has 3 rings (SSSR count). The van der Waals surface area contributed by atoms with Crippen LogP contribution in [0.5, 0.6) is 11.5 Å². The Hall–Kier alpha value is -4.40. The van der Waals surface area contributed by atoms with Crippen LogP contribution < -0.4 is 14.8 Å². The molecule has 0 bridgehead atoms. The van der Waals surface area contributed by atoms with Crippen LogP contribution in [-0.2, 0) is 11.3 Å². The van der Waals surface area contributed by atoms with E-state index in [1.807, 2.05) is 13.0 Å². The average Bonchev–Trinajstić information content (AvgIpc) is 2.83. The Bertz CT molecular complexity index is 1190. The van der Waals surface area contributed by atoms with E-state index in [0.717, 1.165) is 11.1 Å². The van der Waals surface area contributed by atoms with Crippen LogP contribution in [0, 0.1) is 17.0 Å². The molecule has 9 nitrogen and oxygen atoms in total. The van der Waals surface area contributed by atoms with Gasteiger partial charge in [-0.05, 0) is 48.4 Å². The van der Waals surface area contributed by atoms with Crippen LogP contribution in [-0.4, -0.2) is 31.0 Å². The quantitative estimate of drug-likeness (QED) is 0.304. The standard InChI is InChI=1S/C24H22N2O7/c1-15-4-10-19(25-23(27)18-9-11-20(26(29)30)22(13-18)31-2)21(12-15)33-14-16-5-7-17(8-6-16)24(28)32-3/h4-13H,14H2,1-3H3,(H,25,27). The Kier molecular flexibility index (Phi) is 7.24. The van der Waals surface area contributed by atoms with Gasteiger partial charge in [0, 0.05) is 17.7 Å². The Labute approximate surface area is 190 Å². The maximum absolute atomic E-state index is 12.8. The zero-order valence-electron chi connectivity index (χ0n) is 18.3. The molecule has 170 valence electrons. The lowest BCUT2D eigenvalue weighted by Crippen LogP contribution is -2.13. The maximum atomic E-state index is 12.8. The molecular formula is C24H22N2O7. The Balaban J connectivity index is 1.76. The predicted octanol–water partition coefficient (Wildman–Crippen LogP) is 4.53. The molecule has 0 radical (unpaired) electrons. The summed E-state index contributed by atoms with van der Waals surface area (Å²) in [7, 11) is 2.62. The van der Waals surface area contributed by atoms with Crippen molar-refractivity contribution in [3.8, 4) is 11.5 Å². The molecule has 0 aliphatic rings. The number of nitro benzene ring substituents is 1. The molecule has 9 heteroatoms. The number of anilines is 1. The molecule has 0 aliphatic heterocycles. The first-order valence-electron chi connectivity index (χ1n) is 9.87. The van der Waals surface area contributed by atoms with E-state index in [2.05, 4.69) is 10.1 Å². The monoisotopic (exact) mass is 450 g/mol. The van der Waals surface area contributed by atoms with E-state index in [0.29, 0.717) is 17.0 Å². The summed E-state index contributed by atoms with van der Waals surface area (Å²) in [5.41, 5.74) is 2.59. The van der Waals surface area contributed by atoms with Crippen LogP contribution in [0.1, 0.15) is 31.8 Å². The van der Waals surface area contributed by atoms with Crippen LogP contribution >= 0.6 is 0 Å². The van der Waals surface area contributed by atoms with Gasteiger partial charge in [0.1, 0.15) is 12.4 Å². The lowest BCUT2D eigenvalue weighted by Gasteiger charge is -2.14. The number of methoxy groups -OCH3 is 2. The number of aryl methyl sites for hydroxylation is 1. The zero-order valence-corrected chi connectivity index (χ0v) is 18.3. The van der Waals surface area contributed by atoms with Crippen molar-refractivity contribution in [2.45, 2.75) is 13.5 Å². The highest BCUT2D eigenvalue weighted by atomic mass is 16.6. The van der Waals surface area contributed by atoms with Crippen LogP contribution in [0.2, 0.25) is 0 Å². The van der Waals surface area contributed by atoms with Gasteiger partial charge < -0.3 is 19.5 Å². The third kappa shape index (κ3) is 5.65. The van der Waals surface area contributed by atoms with Crippen molar-refractivity contribution < 1.29 is 28.7 Å². The average molecular weight is 450 g/mol. The van der Waals surface area contributed by atoms with Crippen molar-refractivity contribution in [3.63, 3.8) is 0 Å². The summed E-state index contributed by atoms with van der Waals surface area (Å²) in [6, 6.07) is 16.0. The minimum Gasteiger partial charge on any atom is -0.490 e. The lowest BCUT2D eigenvalue weighted by molar-refractivity contribution is -0.385. The molecule has 33 heavy (non-hydrogen) atoms. The summed E-state index contributed by atoms with van der Waals surface area (Å²) < 4.78 is 15.6. The highest BCUT2D eigenvalue weighted by molar-refractivity contribution is 6.05. The predicted molar refractivity (Wildman–Crippen MR) is 121 cm³/mol. The largest absolute Gasteiger partial charge is 0.490 e. The molecular weight excluding hydrogens is 428 g/mol. The molecule has 0 aliphatic carbocycles. The Morgan fingerprint density at radius 3 is 2.27 bits per heavy atom. The van der Waals surface area contributed by atoms with Gasteiger partial charge in [-0.3, -0.25) is 14.9 Å². The van der Waals surface area contributed by atoms with Crippen molar-refractivity contribution in [3.05, 3.63) is 93.0 Å². The van der Waals surface area contributed by atoms with Crippen LogP contribution in [0.15, 0.2) is 60.7 Å². The number of ether oxygens (including phenoxy) is 3. The molecule has 0 spiro atoms. The van der Waals surface area contributed by atoms with E-state index >= 15 is 0 Å². The highest BCUT2D eigenvalue weighted by Crippen LogP contribution is 2.30. The number of esters is 1. The fraction of sp³-hybridized carbons (Fsp3) is 0.167. The summed E-state index contributed by atoms with van der Waals surface area (Å²) in [6.07, 6.45) is 0. The molecule has 0 saturated carbocycles. The minimum absolute atomic E-state index is 0.0107. The van der Waals surface area contributed by atoms with Crippen LogP contribution in [0.4, 0.5) is 11.4 Å². The van der Waals surface area contributed by atoms with Crippen molar-refractivity contribution in [1.29, 1.82) is 0 Å². The van der Waals surface area contributed by atoms with E-state index in [-0.39, 0.29) is 23.6 Å². The first-order valence-corrected chi connectivity index (χ1v) is 9.87. The molecule has 0 unspecified atom stereocenters. The summed E-state index contributed by atoms with van der Waals surface area (Å²) in [5.74, 6) is -0.453. The number of amides is 1. The molecule has 0 fully saturated rings. The number of nitrogens with one attached hydrogen (secondary N) is 1. The second kappa shape index (κ2) is 10.3. The normalized spacial score (nSPS) is 10.3. The van der Waals surface area contributed by atoms with Crippen molar-refractivity contribution in [2.24, 2.45) is 0 Å². The molecule has 0 aromatic heterocycles. The van der Waals surface area contributed by atoms with E-state index in [1.54, 1.807) is 36.4 Å². The van der Waals surface area contributed by atoms with Crippen LogP contribution in [0.25, 0.3) is 0 Å². The number of benzene rings is 3. The van der Waals surface area contributed by atoms with Crippen molar-refractivity contribution in [1.82, 2.24) is 0 Å². The van der Waals surface area contributed by atoms with Gasteiger partial charge >= 0.3 is 11.7 Å². The number of carbonyl (C=O) groups excluding carboxylic acids is 2. The van der Waals surface area contributed by atoms with Crippen molar-refractivity contribution in [2.75, 3.05) is 19.5 Å². The number of nitro groups is 1. The second-order valence-electron chi connectivity index (χ2n) is 7.07. The van der Waals surface area contributed by atoms with Gasteiger partial charge in [-0.1, -0.05) is 18.2 Å². The van der Waals surface area contributed by atoms with Gasteiger partial charge in [-0.2, -0.15) is 0 Å². The summed E-state index contributed by atoms with van der Waals surface area (Å²) in [5, 5.41) is 13.8. The van der Waals surface area contributed by atoms with Gasteiger partial charge in [0.15, 0.2) is 5.75 Å². The number of hydrogen-bond donors (Lipinski definition) is 1. The number of hydrogen-bond acceptors (Lipinski definition) is 7. The summed E-state index contributed by atoms with van der Waals surface area (Å²) in [6.45, 7) is 2.10. The minimum atomic E-state index is -0.579. The van der Waals surface area contributed by atoms with Crippen LogP contribution in [0.3, 0.4) is 0 Å². The van der Waals surface area contributed by atoms with Gasteiger partial charge in [-0.25, -0.2) is 4.79 Å². The zero-order chi connectivity index (χ0) is 24.0. The first kappa shape index (κ1) is 23.3. The summed E-state index contributed by atoms with van der Waals surface area (Å²) in [4.78, 5) is 34.8. The number of carbonyl (C=O) groups is 2. The smallest absolute Gasteiger partial charge is 0.337 e. The molecule has 3 aromatic carbocycles. The summed E-state index contributed by atoms with van der Waals surface area (Å²) >= 11 is 0. The lowest BCUT2D eigenvalue weighted by atomic mass is 10.1. The molecule has 1 amide bonds. The second-order valence-corrected chi connectivity index (χ2v) is 7.07. The highest BCUT2D eigenvalue weighted by Gasteiger charge is 2.18. The Morgan fingerprint density at radius 2 is 1.64 bits per heavy atom. The number of rotatable bonds is 8. The third-order valence-electron chi connectivity index (χ3n) is 4.79.